The molecule has 9 nitrogen and oxygen atoms in total. The van der Waals surface area contributed by atoms with E-state index in [0.717, 1.165) is 39.0 Å². The number of carbonyl (C=O) groups is 1. The number of hydrogen-bond donors (Lipinski definition) is 2. The van der Waals surface area contributed by atoms with Gasteiger partial charge >= 0.3 is 0 Å². The van der Waals surface area contributed by atoms with Crippen molar-refractivity contribution in [3.8, 4) is 0 Å². The molecule has 4 rings (SSSR count). The Morgan fingerprint density at radius 1 is 1.37 bits per heavy atom. The molecule has 2 bridgehead atoms. The minimum absolute atomic E-state index is 0.0119. The zero-order chi connectivity index (χ0) is 19.6. The molecule has 0 aliphatic carbocycles. The fourth-order valence-corrected chi connectivity index (χ4v) is 3.58. The first kappa shape index (κ1) is 19.5. The van der Waals surface area contributed by atoms with E-state index in [0.29, 0.717) is 11.9 Å². The molecule has 0 atom stereocenters. The summed E-state index contributed by atoms with van der Waals surface area (Å²) >= 11 is 0. The molecule has 0 radical (unpaired) electrons. The van der Waals surface area contributed by atoms with Crippen molar-refractivity contribution in [3.63, 3.8) is 0 Å². The van der Waals surface area contributed by atoms with Gasteiger partial charge in [0.1, 0.15) is 17.6 Å². The van der Waals surface area contributed by atoms with Gasteiger partial charge in [0, 0.05) is 56.9 Å². The Hall–Kier alpha value is -2.26. The lowest BCUT2D eigenvalue weighted by atomic mass is 9.95. The van der Waals surface area contributed by atoms with Crippen LogP contribution >= 0.6 is 0 Å². The van der Waals surface area contributed by atoms with Crippen LogP contribution in [0.25, 0.3) is 0 Å². The van der Waals surface area contributed by atoms with Gasteiger partial charge in [-0.25, -0.2) is 4.98 Å². The molecule has 1 amide bonds. The predicted octanol–water partition coefficient (Wildman–Crippen LogP) is 1.02. The van der Waals surface area contributed by atoms with Gasteiger partial charge in [-0.15, -0.1) is 0 Å². The number of fused-ring (bicyclic) bond motifs is 4. The van der Waals surface area contributed by atoms with Gasteiger partial charge in [-0.1, -0.05) is 13.8 Å². The molecule has 27 heavy (non-hydrogen) atoms. The van der Waals surface area contributed by atoms with Gasteiger partial charge in [0.15, 0.2) is 0 Å². The van der Waals surface area contributed by atoms with Crippen molar-refractivity contribution in [1.82, 2.24) is 15.2 Å². The number of piperidine rings is 1. The van der Waals surface area contributed by atoms with Crippen LogP contribution in [0.4, 0.5) is 11.5 Å². The van der Waals surface area contributed by atoms with E-state index < -0.39 is 16.2 Å². The third-order valence-electron chi connectivity index (χ3n) is 5.41. The first-order chi connectivity index (χ1) is 12.8. The lowest BCUT2D eigenvalue weighted by molar-refractivity contribution is -0.385. The van der Waals surface area contributed by atoms with Crippen molar-refractivity contribution in [1.29, 1.82) is 0 Å². The number of pyridine rings is 1. The maximum Gasteiger partial charge on any atom is 0.300 e. The van der Waals surface area contributed by atoms with Gasteiger partial charge in [-0.2, -0.15) is 0 Å². The van der Waals surface area contributed by atoms with Crippen molar-refractivity contribution in [3.05, 3.63) is 27.9 Å². The smallest absolute Gasteiger partial charge is 0.300 e. The third kappa shape index (κ3) is 4.36. The Labute approximate surface area is 158 Å². The van der Waals surface area contributed by atoms with Gasteiger partial charge in [0.25, 0.3) is 11.6 Å². The molecule has 4 heterocycles. The predicted molar refractivity (Wildman–Crippen MR) is 101 cm³/mol. The summed E-state index contributed by atoms with van der Waals surface area (Å²) in [5, 5.41) is 23.4. The monoisotopic (exact) mass is 377 g/mol. The van der Waals surface area contributed by atoms with Crippen LogP contribution in [0.3, 0.4) is 0 Å². The Morgan fingerprint density at radius 3 is 2.70 bits per heavy atom. The highest BCUT2D eigenvalue weighted by molar-refractivity contribution is 5.98. The molecule has 1 aromatic rings. The van der Waals surface area contributed by atoms with Crippen molar-refractivity contribution in [2.24, 2.45) is 5.41 Å². The number of aromatic nitrogens is 1. The molecular formula is C18H27N5O4. The number of carbonyl (C=O) groups excluding carboxylic acids is 1. The summed E-state index contributed by atoms with van der Waals surface area (Å²) < 4.78 is 0. The van der Waals surface area contributed by atoms with E-state index in [9.17, 15) is 20.0 Å². The topological polar surface area (TPSA) is 112 Å². The SMILES string of the molecule is CC(C)(CO)CNC(=O)c1cc(N2CCN3CCC2CC3)ncc1[N+](=O)[O-]. The van der Waals surface area contributed by atoms with E-state index in [1.165, 1.54) is 12.3 Å². The first-order valence-corrected chi connectivity index (χ1v) is 9.33. The zero-order valence-corrected chi connectivity index (χ0v) is 15.8. The molecule has 0 aromatic carbocycles. The molecule has 148 valence electrons. The van der Waals surface area contributed by atoms with E-state index in [1.54, 1.807) is 0 Å². The molecule has 0 unspecified atom stereocenters. The van der Waals surface area contributed by atoms with Crippen LogP contribution in [-0.4, -0.2) is 71.2 Å². The fraction of sp³-hybridized carbons (Fsp3) is 0.667. The summed E-state index contributed by atoms with van der Waals surface area (Å²) in [5.74, 6) is 0.0932. The Balaban J connectivity index is 1.86. The summed E-state index contributed by atoms with van der Waals surface area (Å²) in [4.78, 5) is 32.3. The summed E-state index contributed by atoms with van der Waals surface area (Å²) in [6.45, 7) is 7.58. The number of nitrogens with one attached hydrogen (secondary N) is 1. The van der Waals surface area contributed by atoms with Gasteiger partial charge in [-0.05, 0) is 12.8 Å². The molecular weight excluding hydrogens is 350 g/mol. The highest BCUT2D eigenvalue weighted by atomic mass is 16.6. The van der Waals surface area contributed by atoms with Crippen molar-refractivity contribution in [2.75, 3.05) is 44.2 Å². The number of amides is 1. The van der Waals surface area contributed by atoms with Crippen molar-refractivity contribution < 1.29 is 14.8 Å². The second-order valence-electron chi connectivity index (χ2n) is 8.09. The molecule has 3 fully saturated rings. The van der Waals surface area contributed by atoms with E-state index in [1.807, 2.05) is 13.8 Å². The number of hydrogen-bond acceptors (Lipinski definition) is 7. The minimum Gasteiger partial charge on any atom is -0.396 e. The minimum atomic E-state index is -0.581. The van der Waals surface area contributed by atoms with Crippen molar-refractivity contribution >= 4 is 17.4 Å². The van der Waals surface area contributed by atoms with E-state index in [2.05, 4.69) is 20.1 Å². The van der Waals surface area contributed by atoms with Gasteiger partial charge in [0.05, 0.1) is 4.92 Å². The quantitative estimate of drug-likeness (QED) is 0.562. The highest BCUT2D eigenvalue weighted by Crippen LogP contribution is 2.28. The summed E-state index contributed by atoms with van der Waals surface area (Å²) in [7, 11) is 0. The average molecular weight is 377 g/mol. The van der Waals surface area contributed by atoms with Crippen LogP contribution in [0.1, 0.15) is 37.0 Å². The van der Waals surface area contributed by atoms with Gasteiger partial charge in [-0.3, -0.25) is 14.9 Å². The molecule has 0 saturated carbocycles. The van der Waals surface area contributed by atoms with Crippen LogP contribution in [-0.2, 0) is 0 Å². The number of rotatable bonds is 6. The number of aliphatic hydroxyl groups excluding tert-OH is 1. The summed E-state index contributed by atoms with van der Waals surface area (Å²) in [5.41, 5.74) is -0.794. The number of anilines is 1. The van der Waals surface area contributed by atoms with Crippen molar-refractivity contribution in [2.45, 2.75) is 32.7 Å². The lowest BCUT2D eigenvalue weighted by Gasteiger charge is -2.32. The van der Waals surface area contributed by atoms with Crippen LogP contribution in [0.15, 0.2) is 12.3 Å². The maximum absolute atomic E-state index is 12.6. The Kier molecular flexibility index (Phi) is 5.61. The van der Waals surface area contributed by atoms with Gasteiger partial charge in [0.2, 0.25) is 0 Å². The third-order valence-corrected chi connectivity index (χ3v) is 5.41. The number of nitro groups is 1. The maximum atomic E-state index is 12.6. The van der Waals surface area contributed by atoms with Gasteiger partial charge < -0.3 is 20.2 Å². The standard InChI is InChI=1S/C18H27N5O4/c1-18(2,12-24)11-20-17(25)14-9-16(19-10-15(14)23(26)27)22-8-7-21-5-3-13(22)4-6-21/h9-10,13,24H,3-8,11-12H2,1-2H3,(H,20,25). The molecule has 0 spiro atoms. The van der Waals surface area contributed by atoms with Crippen LogP contribution < -0.4 is 10.2 Å². The van der Waals surface area contributed by atoms with E-state index in [4.69, 9.17) is 0 Å². The lowest BCUT2D eigenvalue weighted by Crippen LogP contribution is -2.39. The number of aliphatic hydroxyl groups is 1. The van der Waals surface area contributed by atoms with Crippen LogP contribution in [0, 0.1) is 15.5 Å². The van der Waals surface area contributed by atoms with Crippen LogP contribution in [0.2, 0.25) is 0 Å². The second kappa shape index (κ2) is 7.77. The normalized spacial score (nSPS) is 22.4. The average Bonchev–Trinajstić information content (AvgIpc) is 2.99. The summed E-state index contributed by atoms with van der Waals surface area (Å²) in [6, 6.07) is 1.88. The molecule has 9 heteroatoms. The molecule has 2 N–H and O–H groups in total. The molecule has 3 saturated heterocycles. The molecule has 3 aliphatic rings. The number of nitrogens with zero attached hydrogens (tertiary/aromatic N) is 4. The molecule has 3 aliphatic heterocycles. The Bertz CT molecular complexity index is 716. The largest absolute Gasteiger partial charge is 0.396 e. The zero-order valence-electron chi connectivity index (χ0n) is 15.8. The Morgan fingerprint density at radius 2 is 2.07 bits per heavy atom. The second-order valence-corrected chi connectivity index (χ2v) is 8.09. The van der Waals surface area contributed by atoms with E-state index in [-0.39, 0.29) is 24.4 Å². The van der Waals surface area contributed by atoms with Crippen LogP contribution in [0.5, 0.6) is 0 Å². The van der Waals surface area contributed by atoms with E-state index >= 15 is 0 Å². The summed E-state index contributed by atoms with van der Waals surface area (Å²) in [6.07, 6.45) is 3.24. The highest BCUT2D eigenvalue weighted by Gasteiger charge is 2.31. The first-order valence-electron chi connectivity index (χ1n) is 9.33. The fourth-order valence-electron chi connectivity index (χ4n) is 3.58. The molecule has 1 aromatic heterocycles.